The molecular formula is C8H14ClN3. The van der Waals surface area contributed by atoms with Crippen LogP contribution in [0.25, 0.3) is 0 Å². The van der Waals surface area contributed by atoms with E-state index in [2.05, 4.69) is 24.2 Å². The van der Waals surface area contributed by atoms with Crippen LogP contribution >= 0.6 is 11.6 Å². The van der Waals surface area contributed by atoms with Crippen LogP contribution < -0.4 is 0 Å². The van der Waals surface area contributed by atoms with Gasteiger partial charge in [0, 0.05) is 6.04 Å². The average molecular weight is 188 g/mol. The summed E-state index contributed by atoms with van der Waals surface area (Å²) in [4.78, 5) is 0. The molecule has 0 bridgehead atoms. The summed E-state index contributed by atoms with van der Waals surface area (Å²) in [5.41, 5.74) is 0.868. The predicted molar refractivity (Wildman–Crippen MR) is 49.3 cm³/mol. The van der Waals surface area contributed by atoms with Crippen LogP contribution in [0.2, 0.25) is 0 Å². The maximum Gasteiger partial charge on any atom is 0.101 e. The Hall–Kier alpha value is -0.570. The van der Waals surface area contributed by atoms with Gasteiger partial charge in [0.1, 0.15) is 5.69 Å². The van der Waals surface area contributed by atoms with Gasteiger partial charge in [-0.05, 0) is 20.3 Å². The minimum atomic E-state index is -0.00231. The summed E-state index contributed by atoms with van der Waals surface area (Å²) in [6.07, 6.45) is 2.80. The molecule has 1 aromatic heterocycles. The molecule has 1 atom stereocenters. The summed E-state index contributed by atoms with van der Waals surface area (Å²) in [5, 5.41) is 7.95. The van der Waals surface area contributed by atoms with E-state index in [1.165, 1.54) is 0 Å². The zero-order chi connectivity index (χ0) is 9.14. The van der Waals surface area contributed by atoms with E-state index >= 15 is 0 Å². The second-order valence-electron chi connectivity index (χ2n) is 3.09. The van der Waals surface area contributed by atoms with Crippen molar-refractivity contribution in [2.75, 3.05) is 0 Å². The Morgan fingerprint density at radius 3 is 2.67 bits per heavy atom. The molecule has 12 heavy (non-hydrogen) atoms. The largest absolute Gasteiger partial charge is 0.250 e. The number of hydrogen-bond donors (Lipinski definition) is 0. The molecule has 1 rings (SSSR count). The van der Waals surface area contributed by atoms with E-state index in [9.17, 15) is 0 Å². The fourth-order valence-corrected chi connectivity index (χ4v) is 0.995. The van der Waals surface area contributed by atoms with Gasteiger partial charge in [0.25, 0.3) is 0 Å². The highest BCUT2D eigenvalue weighted by atomic mass is 35.5. The van der Waals surface area contributed by atoms with Crippen LogP contribution in [-0.2, 0) is 0 Å². The molecule has 1 aromatic rings. The van der Waals surface area contributed by atoms with Crippen molar-refractivity contribution in [3.8, 4) is 0 Å². The summed E-state index contributed by atoms with van der Waals surface area (Å²) in [5.74, 6) is 0. The fraction of sp³-hybridized carbons (Fsp3) is 0.750. The molecule has 68 valence electrons. The van der Waals surface area contributed by atoms with Crippen LogP contribution in [0.1, 0.15) is 44.3 Å². The summed E-state index contributed by atoms with van der Waals surface area (Å²) in [6.45, 7) is 6.16. The summed E-state index contributed by atoms with van der Waals surface area (Å²) >= 11 is 5.99. The van der Waals surface area contributed by atoms with Gasteiger partial charge in [0.15, 0.2) is 0 Å². The van der Waals surface area contributed by atoms with Crippen LogP contribution in [0.4, 0.5) is 0 Å². The van der Waals surface area contributed by atoms with Crippen molar-refractivity contribution in [3.05, 3.63) is 11.9 Å². The Labute approximate surface area is 77.7 Å². The second kappa shape index (κ2) is 3.90. The lowest BCUT2D eigenvalue weighted by Gasteiger charge is -2.02. The molecule has 1 unspecified atom stereocenters. The average Bonchev–Trinajstić information content (AvgIpc) is 2.51. The maximum atomic E-state index is 5.99. The molecule has 0 saturated heterocycles. The number of alkyl halides is 1. The standard InChI is InChI=1S/C8H14ClN3/c1-4-7(9)8-5-12(6(2)3)11-10-8/h5-7H,4H2,1-3H3. The van der Waals surface area contributed by atoms with Crippen molar-refractivity contribution < 1.29 is 0 Å². The monoisotopic (exact) mass is 187 g/mol. The first kappa shape index (κ1) is 9.52. The maximum absolute atomic E-state index is 5.99. The van der Waals surface area contributed by atoms with Crippen LogP contribution in [0, 0.1) is 0 Å². The lowest BCUT2D eigenvalue weighted by atomic mass is 10.2. The molecule has 0 fully saturated rings. The molecule has 0 aliphatic heterocycles. The quantitative estimate of drug-likeness (QED) is 0.681. The zero-order valence-corrected chi connectivity index (χ0v) is 8.41. The van der Waals surface area contributed by atoms with Crippen molar-refractivity contribution in [3.63, 3.8) is 0 Å². The summed E-state index contributed by atoms with van der Waals surface area (Å²) < 4.78 is 1.82. The van der Waals surface area contributed by atoms with Gasteiger partial charge < -0.3 is 0 Å². The van der Waals surface area contributed by atoms with E-state index in [-0.39, 0.29) is 5.38 Å². The molecule has 0 aliphatic carbocycles. The van der Waals surface area contributed by atoms with Gasteiger partial charge in [-0.1, -0.05) is 12.1 Å². The number of rotatable bonds is 3. The smallest absolute Gasteiger partial charge is 0.101 e. The van der Waals surface area contributed by atoms with Crippen molar-refractivity contribution in [1.82, 2.24) is 15.0 Å². The van der Waals surface area contributed by atoms with Crippen molar-refractivity contribution in [2.24, 2.45) is 0 Å². The van der Waals surface area contributed by atoms with Gasteiger partial charge in [-0.25, -0.2) is 4.68 Å². The van der Waals surface area contributed by atoms with E-state index in [1.54, 1.807) is 0 Å². The molecule has 0 saturated carbocycles. The minimum Gasteiger partial charge on any atom is -0.250 e. The van der Waals surface area contributed by atoms with Crippen LogP contribution in [-0.4, -0.2) is 15.0 Å². The molecular weight excluding hydrogens is 174 g/mol. The SMILES string of the molecule is CCC(Cl)c1cn(C(C)C)nn1. The second-order valence-corrected chi connectivity index (χ2v) is 3.62. The Morgan fingerprint density at radius 2 is 2.25 bits per heavy atom. The van der Waals surface area contributed by atoms with E-state index in [1.807, 2.05) is 17.8 Å². The van der Waals surface area contributed by atoms with Gasteiger partial charge >= 0.3 is 0 Å². The molecule has 0 N–H and O–H groups in total. The van der Waals surface area contributed by atoms with Crippen molar-refractivity contribution >= 4 is 11.6 Å². The third kappa shape index (κ3) is 1.97. The Morgan fingerprint density at radius 1 is 1.58 bits per heavy atom. The lowest BCUT2D eigenvalue weighted by molar-refractivity contribution is 0.514. The van der Waals surface area contributed by atoms with Crippen LogP contribution in [0.15, 0.2) is 6.20 Å². The third-order valence-electron chi connectivity index (χ3n) is 1.74. The zero-order valence-electron chi connectivity index (χ0n) is 7.66. The Bertz CT molecular complexity index is 244. The van der Waals surface area contributed by atoms with Crippen molar-refractivity contribution in [1.29, 1.82) is 0 Å². The molecule has 3 nitrogen and oxygen atoms in total. The molecule has 1 heterocycles. The third-order valence-corrected chi connectivity index (χ3v) is 2.27. The molecule has 0 radical (unpaired) electrons. The molecule has 0 amide bonds. The summed E-state index contributed by atoms with van der Waals surface area (Å²) in [6, 6.07) is 0.354. The normalized spacial score (nSPS) is 13.8. The molecule has 0 aliphatic rings. The van der Waals surface area contributed by atoms with Gasteiger partial charge in [0.05, 0.1) is 11.6 Å². The highest BCUT2D eigenvalue weighted by Crippen LogP contribution is 2.21. The van der Waals surface area contributed by atoms with Gasteiger partial charge in [-0.2, -0.15) is 0 Å². The first-order chi connectivity index (χ1) is 5.65. The predicted octanol–water partition coefficient (Wildman–Crippen LogP) is 2.55. The highest BCUT2D eigenvalue weighted by molar-refractivity contribution is 6.20. The lowest BCUT2D eigenvalue weighted by Crippen LogP contribution is -2.00. The summed E-state index contributed by atoms with van der Waals surface area (Å²) in [7, 11) is 0. The number of nitrogens with zero attached hydrogens (tertiary/aromatic N) is 3. The highest BCUT2D eigenvalue weighted by Gasteiger charge is 2.10. The first-order valence-electron chi connectivity index (χ1n) is 4.21. The Kier molecular flexibility index (Phi) is 3.09. The molecule has 0 aromatic carbocycles. The number of aromatic nitrogens is 3. The molecule has 4 heteroatoms. The van der Waals surface area contributed by atoms with Crippen molar-refractivity contribution in [2.45, 2.75) is 38.6 Å². The van der Waals surface area contributed by atoms with Crippen LogP contribution in [0.3, 0.4) is 0 Å². The van der Waals surface area contributed by atoms with E-state index < -0.39 is 0 Å². The van der Waals surface area contributed by atoms with E-state index in [4.69, 9.17) is 11.6 Å². The van der Waals surface area contributed by atoms with Gasteiger partial charge in [-0.3, -0.25) is 0 Å². The van der Waals surface area contributed by atoms with Gasteiger partial charge in [0.2, 0.25) is 0 Å². The van der Waals surface area contributed by atoms with Crippen LogP contribution in [0.5, 0.6) is 0 Å². The van der Waals surface area contributed by atoms with E-state index in [0.29, 0.717) is 6.04 Å². The minimum absolute atomic E-state index is 0.00231. The first-order valence-corrected chi connectivity index (χ1v) is 4.64. The number of halogens is 1. The Balaban J connectivity index is 2.77. The fourth-order valence-electron chi connectivity index (χ4n) is 0.895. The van der Waals surface area contributed by atoms with E-state index in [0.717, 1.165) is 12.1 Å². The van der Waals surface area contributed by atoms with Gasteiger partial charge in [-0.15, -0.1) is 16.7 Å². The topological polar surface area (TPSA) is 30.7 Å². The number of hydrogen-bond acceptors (Lipinski definition) is 2. The molecule has 0 spiro atoms.